The number of nitrogens with one attached hydrogen (secondary N) is 2. The molecule has 1 aromatic carbocycles. The molecule has 0 spiro atoms. The summed E-state index contributed by atoms with van der Waals surface area (Å²) >= 11 is 0. The van der Waals surface area contributed by atoms with E-state index >= 15 is 0 Å². The van der Waals surface area contributed by atoms with Crippen LogP contribution < -0.4 is 20.9 Å². The third kappa shape index (κ3) is 2.56. The van der Waals surface area contributed by atoms with Crippen LogP contribution in [-0.2, 0) is 0 Å². The number of fused-ring (bicyclic) bond motifs is 1. The monoisotopic (exact) mass is 285 g/mol. The summed E-state index contributed by atoms with van der Waals surface area (Å²) < 4.78 is 5.85. The van der Waals surface area contributed by atoms with Crippen LogP contribution in [0.5, 0.6) is 11.6 Å². The lowest BCUT2D eigenvalue weighted by molar-refractivity contribution is 0.469. The molecule has 0 atom stereocenters. The Labute approximate surface area is 120 Å². The average molecular weight is 285 g/mol. The molecular formula is C13H15N7O. The van der Waals surface area contributed by atoms with E-state index in [0.29, 0.717) is 22.7 Å². The van der Waals surface area contributed by atoms with Gasteiger partial charge in [-0.1, -0.05) is 6.07 Å². The molecular weight excluding hydrogens is 270 g/mol. The van der Waals surface area contributed by atoms with Crippen molar-refractivity contribution < 1.29 is 4.74 Å². The van der Waals surface area contributed by atoms with Gasteiger partial charge in [-0.25, -0.2) is 5.84 Å². The zero-order valence-electron chi connectivity index (χ0n) is 11.7. The van der Waals surface area contributed by atoms with Gasteiger partial charge in [0, 0.05) is 25.8 Å². The van der Waals surface area contributed by atoms with Crippen LogP contribution in [0.2, 0.25) is 0 Å². The summed E-state index contributed by atoms with van der Waals surface area (Å²) in [5.41, 5.74) is 3.99. The molecule has 0 aliphatic carbocycles. The molecule has 0 saturated carbocycles. The van der Waals surface area contributed by atoms with Crippen molar-refractivity contribution in [2.75, 3.05) is 24.4 Å². The first kappa shape index (κ1) is 13.1. The van der Waals surface area contributed by atoms with Crippen LogP contribution in [0.25, 0.3) is 11.0 Å². The number of H-pyrrole nitrogens is 1. The molecule has 2 aromatic heterocycles. The Balaban J connectivity index is 2.01. The topological polar surface area (TPSA) is 105 Å². The van der Waals surface area contributed by atoms with Gasteiger partial charge in [0.05, 0.1) is 6.20 Å². The van der Waals surface area contributed by atoms with E-state index in [1.54, 1.807) is 6.20 Å². The molecule has 0 amide bonds. The Bertz CT molecular complexity index is 768. The molecule has 2 heterocycles. The lowest BCUT2D eigenvalue weighted by Crippen LogP contribution is -2.11. The molecule has 0 fully saturated rings. The van der Waals surface area contributed by atoms with E-state index in [1.165, 1.54) is 0 Å². The molecule has 4 N–H and O–H groups in total. The van der Waals surface area contributed by atoms with Gasteiger partial charge in [-0.2, -0.15) is 15.1 Å². The number of ether oxygens (including phenoxy) is 1. The first-order valence-corrected chi connectivity index (χ1v) is 6.30. The van der Waals surface area contributed by atoms with Crippen LogP contribution in [0.1, 0.15) is 0 Å². The first-order valence-electron chi connectivity index (χ1n) is 6.30. The van der Waals surface area contributed by atoms with Crippen molar-refractivity contribution in [2.24, 2.45) is 5.84 Å². The second kappa shape index (κ2) is 5.25. The highest BCUT2D eigenvalue weighted by Gasteiger charge is 2.11. The fraction of sp³-hybridized carbons (Fsp3) is 0.154. The predicted octanol–water partition coefficient (Wildman–Crippen LogP) is 1.50. The van der Waals surface area contributed by atoms with Gasteiger partial charge in [0.25, 0.3) is 0 Å². The summed E-state index contributed by atoms with van der Waals surface area (Å²) in [6.45, 7) is 0. The van der Waals surface area contributed by atoms with E-state index in [1.807, 2.05) is 43.3 Å². The maximum atomic E-state index is 5.85. The third-order valence-electron chi connectivity index (χ3n) is 2.95. The standard InChI is InChI=1S/C13H15N7O/c1-20(2)8-4-3-5-9(6-8)21-12-10-7-15-19-11(10)16-13(17-12)18-14/h3-7H,14H2,1-2H3,(H2,15,16,17,18,19). The Morgan fingerprint density at radius 1 is 1.29 bits per heavy atom. The maximum absolute atomic E-state index is 5.85. The Morgan fingerprint density at radius 2 is 2.14 bits per heavy atom. The summed E-state index contributed by atoms with van der Waals surface area (Å²) in [6.07, 6.45) is 1.61. The minimum absolute atomic E-state index is 0.255. The average Bonchev–Trinajstić information content (AvgIpc) is 2.96. The van der Waals surface area contributed by atoms with E-state index in [-0.39, 0.29) is 5.95 Å². The molecule has 0 saturated heterocycles. The lowest BCUT2D eigenvalue weighted by atomic mass is 10.3. The molecule has 0 unspecified atom stereocenters. The summed E-state index contributed by atoms with van der Waals surface area (Å²) in [5, 5.41) is 7.39. The highest BCUT2D eigenvalue weighted by Crippen LogP contribution is 2.29. The van der Waals surface area contributed by atoms with Gasteiger partial charge < -0.3 is 9.64 Å². The van der Waals surface area contributed by atoms with Gasteiger partial charge in [-0.3, -0.25) is 10.5 Å². The van der Waals surface area contributed by atoms with Crippen LogP contribution in [0.3, 0.4) is 0 Å². The molecule has 0 aliphatic heterocycles. The second-order valence-electron chi connectivity index (χ2n) is 4.62. The quantitative estimate of drug-likeness (QED) is 0.492. The number of aromatic nitrogens is 4. The number of rotatable bonds is 4. The fourth-order valence-corrected chi connectivity index (χ4v) is 1.89. The number of benzene rings is 1. The zero-order valence-corrected chi connectivity index (χ0v) is 11.7. The summed E-state index contributed by atoms with van der Waals surface area (Å²) in [7, 11) is 3.93. The maximum Gasteiger partial charge on any atom is 0.242 e. The van der Waals surface area contributed by atoms with Crippen molar-refractivity contribution in [1.82, 2.24) is 20.2 Å². The third-order valence-corrected chi connectivity index (χ3v) is 2.95. The number of nitrogens with zero attached hydrogens (tertiary/aromatic N) is 4. The van der Waals surface area contributed by atoms with E-state index in [0.717, 1.165) is 5.69 Å². The highest BCUT2D eigenvalue weighted by atomic mass is 16.5. The number of hydrazine groups is 1. The number of hydrogen-bond donors (Lipinski definition) is 3. The molecule has 3 rings (SSSR count). The molecule has 8 nitrogen and oxygen atoms in total. The normalized spacial score (nSPS) is 10.6. The first-order chi connectivity index (χ1) is 10.2. The molecule has 8 heteroatoms. The van der Waals surface area contributed by atoms with Gasteiger partial charge in [-0.05, 0) is 12.1 Å². The number of anilines is 2. The zero-order chi connectivity index (χ0) is 14.8. The van der Waals surface area contributed by atoms with Crippen LogP contribution in [0.4, 0.5) is 11.6 Å². The molecule has 0 aliphatic rings. The van der Waals surface area contributed by atoms with Crippen LogP contribution in [-0.4, -0.2) is 34.3 Å². The predicted molar refractivity (Wildman–Crippen MR) is 80.3 cm³/mol. The second-order valence-corrected chi connectivity index (χ2v) is 4.62. The minimum atomic E-state index is 0.255. The van der Waals surface area contributed by atoms with Crippen molar-refractivity contribution in [2.45, 2.75) is 0 Å². The summed E-state index contributed by atoms with van der Waals surface area (Å²) in [6, 6.07) is 7.69. The van der Waals surface area contributed by atoms with Gasteiger partial charge in [0.2, 0.25) is 11.8 Å². The molecule has 108 valence electrons. The number of nitrogen functional groups attached to an aromatic ring is 1. The van der Waals surface area contributed by atoms with Crippen LogP contribution in [0.15, 0.2) is 30.5 Å². The van der Waals surface area contributed by atoms with Crippen molar-refractivity contribution in [1.29, 1.82) is 0 Å². The van der Waals surface area contributed by atoms with Gasteiger partial charge in [-0.15, -0.1) is 0 Å². The van der Waals surface area contributed by atoms with E-state index in [9.17, 15) is 0 Å². The van der Waals surface area contributed by atoms with Crippen molar-refractivity contribution in [3.63, 3.8) is 0 Å². The largest absolute Gasteiger partial charge is 0.438 e. The van der Waals surface area contributed by atoms with Gasteiger partial charge >= 0.3 is 0 Å². The summed E-state index contributed by atoms with van der Waals surface area (Å²) in [4.78, 5) is 10.4. The number of nitrogens with two attached hydrogens (primary N) is 1. The Morgan fingerprint density at radius 3 is 2.90 bits per heavy atom. The number of hydrogen-bond acceptors (Lipinski definition) is 7. The molecule has 21 heavy (non-hydrogen) atoms. The van der Waals surface area contributed by atoms with E-state index < -0.39 is 0 Å². The Kier molecular flexibility index (Phi) is 3.28. The fourth-order valence-electron chi connectivity index (χ4n) is 1.89. The smallest absolute Gasteiger partial charge is 0.242 e. The van der Waals surface area contributed by atoms with Gasteiger partial charge in [0.1, 0.15) is 11.1 Å². The summed E-state index contributed by atoms with van der Waals surface area (Å²) in [5.74, 6) is 6.68. The lowest BCUT2D eigenvalue weighted by Gasteiger charge is -2.14. The number of aromatic amines is 1. The van der Waals surface area contributed by atoms with Crippen molar-refractivity contribution in [3.05, 3.63) is 30.5 Å². The van der Waals surface area contributed by atoms with Gasteiger partial charge in [0.15, 0.2) is 5.65 Å². The van der Waals surface area contributed by atoms with Crippen molar-refractivity contribution >= 4 is 22.7 Å². The molecule has 0 bridgehead atoms. The van der Waals surface area contributed by atoms with E-state index in [4.69, 9.17) is 10.6 Å². The van der Waals surface area contributed by atoms with E-state index in [2.05, 4.69) is 25.6 Å². The SMILES string of the molecule is CN(C)c1cccc(Oc2nc(NN)nc3[nH]ncc23)c1. The minimum Gasteiger partial charge on any atom is -0.438 e. The van der Waals surface area contributed by atoms with Crippen LogP contribution >= 0.6 is 0 Å². The molecule has 0 radical (unpaired) electrons. The highest BCUT2D eigenvalue weighted by molar-refractivity contribution is 5.80. The van der Waals surface area contributed by atoms with Crippen LogP contribution in [0, 0.1) is 0 Å². The Hall–Kier alpha value is -2.87. The molecule has 3 aromatic rings. The van der Waals surface area contributed by atoms with Crippen molar-refractivity contribution in [3.8, 4) is 11.6 Å².